The maximum atomic E-state index is 14.3. The first kappa shape index (κ1) is 25.4. The van der Waals surface area contributed by atoms with Crippen molar-refractivity contribution in [3.63, 3.8) is 0 Å². The second kappa shape index (κ2) is 10.2. The van der Waals surface area contributed by atoms with Crippen LogP contribution in [0.1, 0.15) is 63.5 Å². The molecule has 1 aliphatic carbocycles. The van der Waals surface area contributed by atoms with E-state index in [1.165, 1.54) is 12.1 Å². The van der Waals surface area contributed by atoms with Gasteiger partial charge in [0, 0.05) is 24.3 Å². The molecule has 196 valence electrons. The predicted octanol–water partition coefficient (Wildman–Crippen LogP) is 4.49. The van der Waals surface area contributed by atoms with Crippen LogP contribution in [-0.4, -0.2) is 45.4 Å². The number of amides is 2. The lowest BCUT2D eigenvalue weighted by Crippen LogP contribution is -2.63. The Hall–Kier alpha value is -3.26. The summed E-state index contributed by atoms with van der Waals surface area (Å²) < 4.78 is 15.8. The number of likely N-dealkylation sites (tertiary alicyclic amines) is 1. The van der Waals surface area contributed by atoms with Crippen LogP contribution in [0.2, 0.25) is 0 Å². The molecule has 37 heavy (non-hydrogen) atoms. The minimum atomic E-state index is -1.12. The molecule has 1 aromatic carbocycles. The highest BCUT2D eigenvalue weighted by atomic mass is 19.1. The number of halogens is 1. The number of carbonyl (C=O) groups is 2. The summed E-state index contributed by atoms with van der Waals surface area (Å²) in [6.07, 6.45) is 10.5. The molecule has 3 atom stereocenters. The van der Waals surface area contributed by atoms with Crippen LogP contribution < -0.4 is 11.1 Å². The molecule has 1 aliphatic heterocycles. The number of fused-ring (bicyclic) bond motifs is 1. The monoisotopic (exact) mass is 505 g/mol. The number of nitrogens with zero attached hydrogens (tertiary/aromatic N) is 3. The fraction of sp³-hybridized carbons (Fsp3) is 0.483. The van der Waals surface area contributed by atoms with Crippen molar-refractivity contribution in [2.24, 2.45) is 17.6 Å². The first-order valence-corrected chi connectivity index (χ1v) is 13.4. The van der Waals surface area contributed by atoms with E-state index in [1.807, 2.05) is 33.9 Å². The van der Waals surface area contributed by atoms with E-state index in [9.17, 15) is 14.0 Å². The zero-order chi connectivity index (χ0) is 26.2. The highest BCUT2D eigenvalue weighted by Crippen LogP contribution is 2.41. The first-order chi connectivity index (χ1) is 17.8. The Morgan fingerprint density at radius 2 is 1.89 bits per heavy atom. The summed E-state index contributed by atoms with van der Waals surface area (Å²) in [5.74, 6) is -0.523. The largest absolute Gasteiger partial charge is 0.368 e. The summed E-state index contributed by atoms with van der Waals surface area (Å²) in [5.41, 5.74) is 6.50. The van der Waals surface area contributed by atoms with E-state index in [-0.39, 0.29) is 23.7 Å². The lowest BCUT2D eigenvalue weighted by atomic mass is 9.69. The minimum Gasteiger partial charge on any atom is -0.368 e. The van der Waals surface area contributed by atoms with E-state index in [0.29, 0.717) is 12.4 Å². The summed E-state index contributed by atoms with van der Waals surface area (Å²) in [4.78, 5) is 33.4. The Kier molecular flexibility index (Phi) is 7.03. The van der Waals surface area contributed by atoms with Crippen molar-refractivity contribution in [1.82, 2.24) is 19.8 Å². The van der Waals surface area contributed by atoms with Crippen molar-refractivity contribution in [3.8, 4) is 5.82 Å². The Morgan fingerprint density at radius 3 is 2.62 bits per heavy atom. The molecule has 1 saturated heterocycles. The number of benzene rings is 1. The van der Waals surface area contributed by atoms with Crippen molar-refractivity contribution in [2.75, 3.05) is 13.6 Å². The number of nitrogens with one attached hydrogen (secondary N) is 1. The van der Waals surface area contributed by atoms with E-state index < -0.39 is 17.4 Å². The maximum absolute atomic E-state index is 14.3. The lowest BCUT2D eigenvalue weighted by molar-refractivity contribution is -0.147. The minimum absolute atomic E-state index is 0.00287. The molecule has 0 spiro atoms. The van der Waals surface area contributed by atoms with Gasteiger partial charge in [0.2, 0.25) is 11.8 Å². The van der Waals surface area contributed by atoms with E-state index in [0.717, 1.165) is 61.4 Å². The molecule has 3 N–H and O–H groups in total. The van der Waals surface area contributed by atoms with E-state index >= 15 is 0 Å². The van der Waals surface area contributed by atoms with Crippen molar-refractivity contribution in [3.05, 3.63) is 60.2 Å². The summed E-state index contributed by atoms with van der Waals surface area (Å²) in [6.45, 7) is 2.42. The molecule has 3 heterocycles. The Labute approximate surface area is 217 Å². The van der Waals surface area contributed by atoms with Crippen molar-refractivity contribution in [1.29, 1.82) is 0 Å². The molecular formula is C29H36FN5O2. The molecule has 2 fully saturated rings. The van der Waals surface area contributed by atoms with E-state index in [1.54, 1.807) is 26.2 Å². The summed E-state index contributed by atoms with van der Waals surface area (Å²) in [6, 6.07) is 10.5. The highest BCUT2D eigenvalue weighted by molar-refractivity contribution is 5.93. The van der Waals surface area contributed by atoms with Crippen molar-refractivity contribution >= 4 is 22.7 Å². The Balaban J connectivity index is 1.49. The number of nitrogens with two attached hydrogens (primary N) is 1. The van der Waals surface area contributed by atoms with Crippen LogP contribution in [0.25, 0.3) is 16.7 Å². The Morgan fingerprint density at radius 1 is 1.11 bits per heavy atom. The van der Waals surface area contributed by atoms with E-state index in [4.69, 9.17) is 5.73 Å². The second-order valence-electron chi connectivity index (χ2n) is 10.7. The zero-order valence-corrected chi connectivity index (χ0v) is 21.6. The van der Waals surface area contributed by atoms with Gasteiger partial charge in [-0.25, -0.2) is 9.37 Å². The number of primary amides is 1. The molecule has 0 radical (unpaired) electrons. The van der Waals surface area contributed by atoms with Crippen LogP contribution in [0.3, 0.4) is 0 Å². The topological polar surface area (TPSA) is 93.2 Å². The number of aromatic nitrogens is 2. The average molecular weight is 506 g/mol. The van der Waals surface area contributed by atoms with Gasteiger partial charge in [0.25, 0.3) is 0 Å². The number of likely N-dealkylation sites (N-methyl/N-ethyl adjacent to an activating group) is 1. The maximum Gasteiger partial charge on any atom is 0.238 e. The molecular weight excluding hydrogens is 469 g/mol. The summed E-state index contributed by atoms with van der Waals surface area (Å²) in [5, 5.41) is 4.05. The van der Waals surface area contributed by atoms with Crippen LogP contribution in [0, 0.1) is 17.7 Å². The number of hydrogen-bond donors (Lipinski definition) is 2. The summed E-state index contributed by atoms with van der Waals surface area (Å²) >= 11 is 0. The fourth-order valence-corrected chi connectivity index (χ4v) is 6.45. The quantitative estimate of drug-likeness (QED) is 0.495. The van der Waals surface area contributed by atoms with Crippen LogP contribution in [-0.2, 0) is 9.59 Å². The van der Waals surface area contributed by atoms with Gasteiger partial charge in [-0.05, 0) is 87.5 Å². The SMILES string of the molecule is CNC(C)(C(N)=O)[C@@H](C(=O)N1CCC[C@H]1c1ccnc(-n2ccc3ccc(F)cc32)c1)C1CCCCC1. The number of hydrogen-bond acceptors (Lipinski definition) is 4. The Bertz CT molecular complexity index is 1300. The van der Waals surface area contributed by atoms with Gasteiger partial charge >= 0.3 is 0 Å². The average Bonchev–Trinajstić information content (AvgIpc) is 3.56. The van der Waals surface area contributed by atoms with Gasteiger partial charge in [-0.1, -0.05) is 19.3 Å². The molecule has 2 aromatic heterocycles. The van der Waals surface area contributed by atoms with Crippen LogP contribution >= 0.6 is 0 Å². The second-order valence-corrected chi connectivity index (χ2v) is 10.7. The molecule has 5 rings (SSSR count). The smallest absolute Gasteiger partial charge is 0.238 e. The molecule has 1 saturated carbocycles. The molecule has 0 bridgehead atoms. The molecule has 2 aliphatic rings. The third-order valence-corrected chi connectivity index (χ3v) is 8.63. The van der Waals surface area contributed by atoms with Crippen LogP contribution in [0.4, 0.5) is 4.39 Å². The third-order valence-electron chi connectivity index (χ3n) is 8.63. The summed E-state index contributed by atoms with van der Waals surface area (Å²) in [7, 11) is 1.72. The van der Waals surface area contributed by atoms with Gasteiger partial charge in [0.1, 0.15) is 17.2 Å². The van der Waals surface area contributed by atoms with Crippen LogP contribution in [0.5, 0.6) is 0 Å². The van der Waals surface area contributed by atoms with Crippen molar-refractivity contribution in [2.45, 2.75) is 63.5 Å². The van der Waals surface area contributed by atoms with Gasteiger partial charge in [-0.2, -0.15) is 0 Å². The van der Waals surface area contributed by atoms with E-state index in [2.05, 4.69) is 10.3 Å². The van der Waals surface area contributed by atoms with Gasteiger partial charge in [-0.3, -0.25) is 9.59 Å². The highest BCUT2D eigenvalue weighted by Gasteiger charge is 2.50. The molecule has 1 unspecified atom stereocenters. The molecule has 8 heteroatoms. The zero-order valence-electron chi connectivity index (χ0n) is 21.6. The molecule has 7 nitrogen and oxygen atoms in total. The van der Waals surface area contributed by atoms with Gasteiger partial charge < -0.3 is 20.5 Å². The van der Waals surface area contributed by atoms with Gasteiger partial charge in [-0.15, -0.1) is 0 Å². The molecule has 3 aromatic rings. The number of carbonyl (C=O) groups excluding carboxylic acids is 2. The third kappa shape index (κ3) is 4.63. The van der Waals surface area contributed by atoms with Gasteiger partial charge in [0.05, 0.1) is 17.5 Å². The normalized spacial score (nSPS) is 21.2. The lowest BCUT2D eigenvalue weighted by Gasteiger charge is -2.43. The standard InChI is InChI=1S/C29H36FN5O2/c1-29(32-2,28(31)37)26(20-7-4-3-5-8-20)27(36)35-15-6-9-23(35)21-12-14-33-25(17-21)34-16-13-19-10-11-22(30)18-24(19)34/h10-14,16-18,20,23,26,32H,3-9,15H2,1-2H3,(H2,31,37)/t23-,26+,29?/m0/s1. The fourth-order valence-electron chi connectivity index (χ4n) is 6.45. The first-order valence-electron chi connectivity index (χ1n) is 13.4. The number of pyridine rings is 1. The number of rotatable bonds is 7. The van der Waals surface area contributed by atoms with Crippen LogP contribution in [0.15, 0.2) is 48.8 Å². The predicted molar refractivity (Wildman–Crippen MR) is 141 cm³/mol. The molecule has 2 amide bonds. The van der Waals surface area contributed by atoms with Gasteiger partial charge in [0.15, 0.2) is 0 Å². The van der Waals surface area contributed by atoms with Crippen molar-refractivity contribution < 1.29 is 14.0 Å².